The molecule has 0 saturated heterocycles. The Labute approximate surface area is 134 Å². The molecular weight excluding hydrogens is 339 g/mol. The molecule has 0 radical (unpaired) electrons. The lowest BCUT2D eigenvalue weighted by molar-refractivity contribution is -0.159. The van der Waals surface area contributed by atoms with Gasteiger partial charge in [-0.25, -0.2) is 4.39 Å². The Morgan fingerprint density at radius 3 is 2.62 bits per heavy atom. The quantitative estimate of drug-likeness (QED) is 0.708. The number of carbonyl (C=O) groups excluding carboxylic acids is 1. The number of rotatable bonds is 6. The fourth-order valence-corrected chi connectivity index (χ4v) is 2.18. The van der Waals surface area contributed by atoms with E-state index >= 15 is 0 Å². The molecule has 0 amide bonds. The highest BCUT2D eigenvalue weighted by Gasteiger charge is 2.22. The van der Waals surface area contributed by atoms with Crippen molar-refractivity contribution in [3.63, 3.8) is 0 Å². The number of halogens is 2. The smallest absolute Gasteiger partial charge is 0.309 e. The van der Waals surface area contributed by atoms with Crippen LogP contribution in [0.25, 0.3) is 0 Å². The third-order valence-corrected chi connectivity index (χ3v) is 3.47. The molecule has 1 rings (SSSR count). The van der Waals surface area contributed by atoms with Crippen LogP contribution >= 0.6 is 15.9 Å². The van der Waals surface area contributed by atoms with Gasteiger partial charge in [-0.05, 0) is 51.0 Å². The summed E-state index contributed by atoms with van der Waals surface area (Å²) in [5.41, 5.74) is 0.444. The molecule has 0 aliphatic heterocycles. The third-order valence-electron chi connectivity index (χ3n) is 2.70. The average Bonchev–Trinajstić information content (AvgIpc) is 2.37. The number of hydrogen-bond acceptors (Lipinski definition) is 3. The molecule has 0 aliphatic rings. The topological polar surface area (TPSA) is 35.5 Å². The molecule has 5 heteroatoms. The van der Waals surface area contributed by atoms with E-state index in [4.69, 9.17) is 9.47 Å². The fourth-order valence-electron chi connectivity index (χ4n) is 1.77. The molecule has 0 aliphatic carbocycles. The molecule has 0 saturated carbocycles. The van der Waals surface area contributed by atoms with Crippen LogP contribution in [0.4, 0.5) is 4.39 Å². The van der Waals surface area contributed by atoms with Gasteiger partial charge in [0, 0.05) is 4.47 Å². The summed E-state index contributed by atoms with van der Waals surface area (Å²) in [7, 11) is 0. The van der Waals surface area contributed by atoms with Crippen LogP contribution in [0.3, 0.4) is 0 Å². The number of hydrogen-bond donors (Lipinski definition) is 0. The lowest BCUT2D eigenvalue weighted by Gasteiger charge is -2.22. The number of benzene rings is 1. The van der Waals surface area contributed by atoms with Gasteiger partial charge in [0.2, 0.25) is 0 Å². The Kier molecular flexibility index (Phi) is 6.65. The van der Waals surface area contributed by atoms with Crippen LogP contribution in [-0.2, 0) is 16.0 Å². The Hall–Kier alpha value is -1.10. The van der Waals surface area contributed by atoms with Gasteiger partial charge in [0.05, 0.1) is 5.92 Å². The molecule has 0 spiro atoms. The second-order valence-corrected chi connectivity index (χ2v) is 6.78. The normalized spacial score (nSPS) is 12.9. The van der Waals surface area contributed by atoms with Crippen LogP contribution in [0, 0.1) is 5.92 Å². The summed E-state index contributed by atoms with van der Waals surface area (Å²) in [4.78, 5) is 12.0. The highest BCUT2D eigenvalue weighted by atomic mass is 79.9. The van der Waals surface area contributed by atoms with Gasteiger partial charge in [0.25, 0.3) is 0 Å². The van der Waals surface area contributed by atoms with Gasteiger partial charge in [-0.3, -0.25) is 4.79 Å². The lowest BCUT2D eigenvalue weighted by Crippen LogP contribution is -2.28. The third kappa shape index (κ3) is 6.46. The molecular formula is C16H22BrFO3. The SMILES string of the molecule is CC(Cc1cc(OCCF)ccc1Br)C(=O)OC(C)(C)C. The predicted octanol–water partition coefficient (Wildman–Crippen LogP) is 4.32. The molecule has 1 unspecified atom stereocenters. The van der Waals surface area contributed by atoms with E-state index < -0.39 is 12.3 Å². The van der Waals surface area contributed by atoms with Crippen molar-refractivity contribution in [3.8, 4) is 5.75 Å². The van der Waals surface area contributed by atoms with Crippen molar-refractivity contribution in [2.45, 2.75) is 39.7 Å². The second-order valence-electron chi connectivity index (χ2n) is 5.93. The summed E-state index contributed by atoms with van der Waals surface area (Å²) in [6.07, 6.45) is 0.530. The molecule has 0 N–H and O–H groups in total. The van der Waals surface area contributed by atoms with Crippen LogP contribution in [0.15, 0.2) is 22.7 Å². The molecule has 118 valence electrons. The average molecular weight is 361 g/mol. The van der Waals surface area contributed by atoms with Crippen molar-refractivity contribution in [1.82, 2.24) is 0 Å². The zero-order valence-corrected chi connectivity index (χ0v) is 14.5. The molecule has 0 aromatic heterocycles. The van der Waals surface area contributed by atoms with Crippen molar-refractivity contribution < 1.29 is 18.7 Å². The number of carbonyl (C=O) groups is 1. The largest absolute Gasteiger partial charge is 0.491 e. The van der Waals surface area contributed by atoms with Crippen LogP contribution in [0.2, 0.25) is 0 Å². The van der Waals surface area contributed by atoms with Crippen molar-refractivity contribution in [2.24, 2.45) is 5.92 Å². The van der Waals surface area contributed by atoms with Crippen molar-refractivity contribution >= 4 is 21.9 Å². The van der Waals surface area contributed by atoms with E-state index in [1.54, 1.807) is 6.07 Å². The number of ether oxygens (including phenoxy) is 2. The van der Waals surface area contributed by atoms with Crippen LogP contribution in [0.5, 0.6) is 5.75 Å². The summed E-state index contributed by atoms with van der Waals surface area (Å²) in [5, 5.41) is 0. The standard InChI is InChI=1S/C16H22BrFO3/c1-11(15(19)21-16(2,3)4)9-12-10-13(20-8-7-18)5-6-14(12)17/h5-6,10-11H,7-9H2,1-4H3. The van der Waals surface area contributed by atoms with E-state index in [1.807, 2.05) is 39.8 Å². The molecule has 1 aromatic rings. The van der Waals surface area contributed by atoms with E-state index in [1.165, 1.54) is 0 Å². The van der Waals surface area contributed by atoms with E-state index in [0.29, 0.717) is 12.2 Å². The maximum Gasteiger partial charge on any atom is 0.309 e. The van der Waals surface area contributed by atoms with Crippen LogP contribution in [-0.4, -0.2) is 24.9 Å². The first-order valence-electron chi connectivity index (χ1n) is 6.93. The molecule has 0 bridgehead atoms. The predicted molar refractivity (Wildman–Crippen MR) is 84.3 cm³/mol. The number of esters is 1. The first kappa shape index (κ1) is 18.0. The summed E-state index contributed by atoms with van der Waals surface area (Å²) in [6, 6.07) is 5.42. The van der Waals surface area contributed by atoms with Gasteiger partial charge >= 0.3 is 5.97 Å². The molecule has 0 heterocycles. The zero-order valence-electron chi connectivity index (χ0n) is 12.9. The van der Waals surface area contributed by atoms with Crippen LogP contribution < -0.4 is 4.74 Å². The summed E-state index contributed by atoms with van der Waals surface area (Å²) >= 11 is 3.46. The molecule has 1 aromatic carbocycles. The van der Waals surface area contributed by atoms with Crippen molar-refractivity contribution in [1.29, 1.82) is 0 Å². The minimum Gasteiger partial charge on any atom is -0.491 e. The van der Waals surface area contributed by atoms with Crippen molar-refractivity contribution in [2.75, 3.05) is 13.3 Å². The van der Waals surface area contributed by atoms with Gasteiger partial charge in [0.1, 0.15) is 24.6 Å². The fraction of sp³-hybridized carbons (Fsp3) is 0.562. The molecule has 1 atom stereocenters. The Balaban J connectivity index is 2.74. The Morgan fingerprint density at radius 2 is 2.05 bits per heavy atom. The summed E-state index contributed by atoms with van der Waals surface area (Å²) in [5.74, 6) is 0.101. The Bertz CT molecular complexity index is 483. The second kappa shape index (κ2) is 7.78. The highest BCUT2D eigenvalue weighted by Crippen LogP contribution is 2.26. The van der Waals surface area contributed by atoms with Gasteiger partial charge < -0.3 is 9.47 Å². The first-order valence-corrected chi connectivity index (χ1v) is 7.72. The molecule has 21 heavy (non-hydrogen) atoms. The van der Waals surface area contributed by atoms with Crippen LogP contribution in [0.1, 0.15) is 33.3 Å². The Morgan fingerprint density at radius 1 is 1.38 bits per heavy atom. The monoisotopic (exact) mass is 360 g/mol. The van der Waals surface area contributed by atoms with Crippen molar-refractivity contribution in [3.05, 3.63) is 28.2 Å². The number of alkyl halides is 1. The van der Waals surface area contributed by atoms with Gasteiger partial charge in [-0.2, -0.15) is 0 Å². The minimum atomic E-state index is -0.528. The highest BCUT2D eigenvalue weighted by molar-refractivity contribution is 9.10. The van der Waals surface area contributed by atoms with Gasteiger partial charge in [-0.15, -0.1) is 0 Å². The van der Waals surface area contributed by atoms with Gasteiger partial charge in [-0.1, -0.05) is 22.9 Å². The molecule has 0 fully saturated rings. The van der Waals surface area contributed by atoms with E-state index in [2.05, 4.69) is 15.9 Å². The lowest BCUT2D eigenvalue weighted by atomic mass is 10.0. The molecule has 3 nitrogen and oxygen atoms in total. The van der Waals surface area contributed by atoms with E-state index in [9.17, 15) is 9.18 Å². The zero-order chi connectivity index (χ0) is 16.0. The maximum atomic E-state index is 12.1. The van der Waals surface area contributed by atoms with E-state index in [0.717, 1.165) is 10.0 Å². The maximum absolute atomic E-state index is 12.1. The minimum absolute atomic E-state index is 0.0304. The summed E-state index contributed by atoms with van der Waals surface area (Å²) in [6.45, 7) is 6.87. The summed E-state index contributed by atoms with van der Waals surface area (Å²) < 4.78 is 23.7. The first-order chi connectivity index (χ1) is 9.73. The van der Waals surface area contributed by atoms with Gasteiger partial charge in [0.15, 0.2) is 0 Å². The van der Waals surface area contributed by atoms with E-state index in [-0.39, 0.29) is 18.5 Å².